The highest BCUT2D eigenvalue weighted by atomic mass is 32.2. The van der Waals surface area contributed by atoms with Crippen LogP contribution in [0.3, 0.4) is 0 Å². The molecular formula is C11H15N3O2S. The Labute approximate surface area is 102 Å². The van der Waals surface area contributed by atoms with Crippen LogP contribution in [0.15, 0.2) is 23.2 Å². The summed E-state index contributed by atoms with van der Waals surface area (Å²) in [5, 5.41) is 8.86. The third-order valence-electron chi connectivity index (χ3n) is 2.75. The van der Waals surface area contributed by atoms with Gasteiger partial charge in [0, 0.05) is 19.3 Å². The van der Waals surface area contributed by atoms with Gasteiger partial charge in [0.05, 0.1) is 0 Å². The minimum atomic E-state index is -3.64. The van der Waals surface area contributed by atoms with Crippen LogP contribution in [0.2, 0.25) is 0 Å². The molecule has 1 unspecified atom stereocenters. The predicted octanol–water partition coefficient (Wildman–Crippen LogP) is 1.37. The maximum absolute atomic E-state index is 12.2. The summed E-state index contributed by atoms with van der Waals surface area (Å²) < 4.78 is 25.8. The zero-order valence-corrected chi connectivity index (χ0v) is 10.9. The van der Waals surface area contributed by atoms with Gasteiger partial charge in [-0.3, -0.25) is 0 Å². The smallest absolute Gasteiger partial charge is 0.244 e. The molecule has 0 radical (unpaired) electrons. The van der Waals surface area contributed by atoms with Crippen LogP contribution in [0, 0.1) is 11.3 Å². The van der Waals surface area contributed by atoms with Gasteiger partial charge in [0.2, 0.25) is 10.0 Å². The lowest BCUT2D eigenvalue weighted by Gasteiger charge is -2.23. The molecule has 17 heavy (non-hydrogen) atoms. The number of nitrogens with zero attached hydrogens (tertiary/aromatic N) is 3. The molecule has 5 nitrogen and oxygen atoms in total. The molecule has 0 aliphatic heterocycles. The van der Waals surface area contributed by atoms with Gasteiger partial charge in [-0.15, -0.1) is 0 Å². The van der Waals surface area contributed by atoms with Crippen molar-refractivity contribution in [1.82, 2.24) is 9.29 Å². The van der Waals surface area contributed by atoms with Gasteiger partial charge in [-0.25, -0.2) is 13.4 Å². The Bertz CT molecular complexity index is 534. The second kappa shape index (κ2) is 5.25. The van der Waals surface area contributed by atoms with Crippen LogP contribution < -0.4 is 0 Å². The van der Waals surface area contributed by atoms with E-state index in [0.29, 0.717) is 6.42 Å². The standard InChI is InChI=1S/C11H15N3O2S/c1-4-9(2)14(3)17(15,16)11-6-5-7-13-10(11)8-12/h5-7,9H,4H2,1-3H3. The Morgan fingerprint density at radius 2 is 2.24 bits per heavy atom. The normalized spacial score (nSPS) is 13.4. The van der Waals surface area contributed by atoms with Crippen molar-refractivity contribution in [1.29, 1.82) is 5.26 Å². The summed E-state index contributed by atoms with van der Waals surface area (Å²) in [7, 11) is -2.13. The van der Waals surface area contributed by atoms with Gasteiger partial charge in [-0.05, 0) is 25.5 Å². The van der Waals surface area contributed by atoms with Crippen molar-refractivity contribution in [2.24, 2.45) is 0 Å². The van der Waals surface area contributed by atoms with Crippen LogP contribution in [-0.2, 0) is 10.0 Å². The molecule has 0 aliphatic carbocycles. The molecule has 1 aromatic heterocycles. The van der Waals surface area contributed by atoms with Crippen molar-refractivity contribution >= 4 is 10.0 Å². The maximum Gasteiger partial charge on any atom is 0.245 e. The van der Waals surface area contributed by atoms with Gasteiger partial charge in [0.1, 0.15) is 11.0 Å². The van der Waals surface area contributed by atoms with Crippen LogP contribution in [0.4, 0.5) is 0 Å². The van der Waals surface area contributed by atoms with E-state index >= 15 is 0 Å². The molecule has 0 fully saturated rings. The number of hydrogen-bond donors (Lipinski definition) is 0. The Morgan fingerprint density at radius 1 is 1.59 bits per heavy atom. The van der Waals surface area contributed by atoms with Gasteiger partial charge < -0.3 is 0 Å². The summed E-state index contributed by atoms with van der Waals surface area (Å²) in [5.74, 6) is 0. The average molecular weight is 253 g/mol. The van der Waals surface area contributed by atoms with Gasteiger partial charge in [0.25, 0.3) is 0 Å². The fraction of sp³-hybridized carbons (Fsp3) is 0.455. The van der Waals surface area contributed by atoms with Gasteiger partial charge in [-0.1, -0.05) is 6.92 Å². The van der Waals surface area contributed by atoms with Crippen molar-refractivity contribution in [3.8, 4) is 6.07 Å². The lowest BCUT2D eigenvalue weighted by atomic mass is 10.3. The first-order valence-electron chi connectivity index (χ1n) is 5.28. The van der Waals surface area contributed by atoms with Gasteiger partial charge >= 0.3 is 0 Å². The quantitative estimate of drug-likeness (QED) is 0.812. The minimum absolute atomic E-state index is 0.0368. The van der Waals surface area contributed by atoms with E-state index in [1.165, 1.54) is 29.7 Å². The van der Waals surface area contributed by atoms with E-state index in [-0.39, 0.29) is 16.6 Å². The highest BCUT2D eigenvalue weighted by Crippen LogP contribution is 2.19. The van der Waals surface area contributed by atoms with Crippen LogP contribution in [0.5, 0.6) is 0 Å². The molecule has 0 aromatic carbocycles. The summed E-state index contributed by atoms with van der Waals surface area (Å²) >= 11 is 0. The van der Waals surface area contributed by atoms with E-state index in [9.17, 15) is 8.42 Å². The highest BCUT2D eigenvalue weighted by Gasteiger charge is 2.27. The van der Waals surface area contributed by atoms with E-state index in [1.54, 1.807) is 6.07 Å². The molecule has 1 rings (SSSR count). The predicted molar refractivity (Wildman–Crippen MR) is 63.7 cm³/mol. The molecular weight excluding hydrogens is 238 g/mol. The number of nitriles is 1. The number of sulfonamides is 1. The maximum atomic E-state index is 12.2. The molecule has 0 saturated carbocycles. The molecule has 1 atom stereocenters. The molecule has 0 bridgehead atoms. The SMILES string of the molecule is CCC(C)N(C)S(=O)(=O)c1cccnc1C#N. The lowest BCUT2D eigenvalue weighted by Crippen LogP contribution is -2.35. The van der Waals surface area contributed by atoms with E-state index < -0.39 is 10.0 Å². The third kappa shape index (κ3) is 2.62. The van der Waals surface area contributed by atoms with Crippen molar-refractivity contribution in [2.45, 2.75) is 31.2 Å². The second-order valence-corrected chi connectivity index (χ2v) is 5.71. The monoisotopic (exact) mass is 253 g/mol. The number of rotatable bonds is 4. The van der Waals surface area contributed by atoms with Crippen molar-refractivity contribution in [2.75, 3.05) is 7.05 Å². The number of pyridine rings is 1. The molecule has 1 heterocycles. The molecule has 0 spiro atoms. The molecule has 0 N–H and O–H groups in total. The Balaban J connectivity index is 3.28. The number of aromatic nitrogens is 1. The van der Waals surface area contributed by atoms with Gasteiger partial charge in [0.15, 0.2) is 5.69 Å². The Hall–Kier alpha value is -1.45. The second-order valence-electron chi connectivity index (χ2n) is 3.74. The highest BCUT2D eigenvalue weighted by molar-refractivity contribution is 7.89. The fourth-order valence-electron chi connectivity index (χ4n) is 1.33. The van der Waals surface area contributed by atoms with E-state index in [4.69, 9.17) is 5.26 Å². The molecule has 6 heteroatoms. The molecule has 1 aromatic rings. The Morgan fingerprint density at radius 3 is 2.76 bits per heavy atom. The van der Waals surface area contributed by atoms with Crippen LogP contribution in [0.1, 0.15) is 26.0 Å². The van der Waals surface area contributed by atoms with E-state index in [0.717, 1.165) is 0 Å². The summed E-state index contributed by atoms with van der Waals surface area (Å²) in [6, 6.07) is 4.59. The van der Waals surface area contributed by atoms with E-state index in [2.05, 4.69) is 4.98 Å². The van der Waals surface area contributed by atoms with Crippen LogP contribution in [0.25, 0.3) is 0 Å². The van der Waals surface area contributed by atoms with Gasteiger partial charge in [-0.2, -0.15) is 9.57 Å². The summed E-state index contributed by atoms with van der Waals surface area (Å²) in [6.45, 7) is 3.73. The van der Waals surface area contributed by atoms with Crippen molar-refractivity contribution in [3.05, 3.63) is 24.0 Å². The summed E-state index contributed by atoms with van der Waals surface area (Å²) in [6.07, 6.45) is 2.11. The zero-order chi connectivity index (χ0) is 13.1. The topological polar surface area (TPSA) is 74.1 Å². The minimum Gasteiger partial charge on any atom is -0.244 e. The third-order valence-corrected chi connectivity index (χ3v) is 4.75. The summed E-state index contributed by atoms with van der Waals surface area (Å²) in [5.41, 5.74) is -0.0670. The molecule has 0 saturated heterocycles. The summed E-state index contributed by atoms with van der Waals surface area (Å²) in [4.78, 5) is 3.73. The largest absolute Gasteiger partial charge is 0.245 e. The average Bonchev–Trinajstić information content (AvgIpc) is 2.36. The molecule has 0 aliphatic rings. The van der Waals surface area contributed by atoms with Crippen LogP contribution >= 0.6 is 0 Å². The first kappa shape index (κ1) is 13.6. The lowest BCUT2D eigenvalue weighted by molar-refractivity contribution is 0.380. The van der Waals surface area contributed by atoms with Crippen LogP contribution in [-0.4, -0.2) is 30.8 Å². The molecule has 0 amide bonds. The number of hydrogen-bond acceptors (Lipinski definition) is 4. The first-order valence-corrected chi connectivity index (χ1v) is 6.72. The van der Waals surface area contributed by atoms with E-state index in [1.807, 2.05) is 13.8 Å². The molecule has 92 valence electrons. The van der Waals surface area contributed by atoms with Crippen molar-refractivity contribution in [3.63, 3.8) is 0 Å². The van der Waals surface area contributed by atoms with Crippen molar-refractivity contribution < 1.29 is 8.42 Å². The fourth-order valence-corrected chi connectivity index (χ4v) is 2.86. The first-order chi connectivity index (χ1) is 7.95. The zero-order valence-electron chi connectivity index (χ0n) is 10.1. The Kier molecular flexibility index (Phi) is 4.21.